The molecule has 0 aliphatic heterocycles. The van der Waals surface area contributed by atoms with Gasteiger partial charge in [0.25, 0.3) is 0 Å². The average Bonchev–Trinajstić information content (AvgIpc) is 2.52. The number of pyridine rings is 1. The van der Waals surface area contributed by atoms with Crippen LogP contribution in [0.2, 0.25) is 0 Å². The summed E-state index contributed by atoms with van der Waals surface area (Å²) in [6.07, 6.45) is 0. The first kappa shape index (κ1) is 14.5. The van der Waals surface area contributed by atoms with Gasteiger partial charge in [-0.1, -0.05) is 36.4 Å². The second-order valence-corrected chi connectivity index (χ2v) is 5.30. The standard InChI is InChI=1S/C18H17NO3/c1-18(20,21)15-7-3-5-9-17(15)22-12-14-11-10-13-6-2-4-8-16(13)19-14/h2-11,20-21H,12H2,1H3. The largest absolute Gasteiger partial charge is 0.487 e. The molecule has 0 radical (unpaired) electrons. The van der Waals surface area contributed by atoms with Gasteiger partial charge < -0.3 is 14.9 Å². The molecule has 0 amide bonds. The van der Waals surface area contributed by atoms with Gasteiger partial charge in [0.1, 0.15) is 12.4 Å². The van der Waals surface area contributed by atoms with E-state index in [0.29, 0.717) is 11.3 Å². The van der Waals surface area contributed by atoms with E-state index in [2.05, 4.69) is 4.98 Å². The minimum absolute atomic E-state index is 0.262. The Labute approximate surface area is 128 Å². The first-order chi connectivity index (χ1) is 10.5. The van der Waals surface area contributed by atoms with E-state index in [1.165, 1.54) is 6.92 Å². The highest BCUT2D eigenvalue weighted by Gasteiger charge is 2.22. The summed E-state index contributed by atoms with van der Waals surface area (Å²) < 4.78 is 5.72. The number of para-hydroxylation sites is 2. The first-order valence-corrected chi connectivity index (χ1v) is 7.06. The molecule has 2 N–H and O–H groups in total. The fraction of sp³-hybridized carbons (Fsp3) is 0.167. The molecule has 112 valence electrons. The van der Waals surface area contributed by atoms with Crippen LogP contribution in [0.15, 0.2) is 60.7 Å². The van der Waals surface area contributed by atoms with Gasteiger partial charge in [-0.3, -0.25) is 0 Å². The van der Waals surface area contributed by atoms with E-state index in [9.17, 15) is 10.2 Å². The molecule has 0 unspecified atom stereocenters. The van der Waals surface area contributed by atoms with Crippen LogP contribution in [0.1, 0.15) is 18.2 Å². The highest BCUT2D eigenvalue weighted by atomic mass is 16.5. The number of aromatic nitrogens is 1. The quantitative estimate of drug-likeness (QED) is 0.726. The number of benzene rings is 2. The van der Waals surface area contributed by atoms with Crippen molar-refractivity contribution >= 4 is 10.9 Å². The maximum Gasteiger partial charge on any atom is 0.190 e. The topological polar surface area (TPSA) is 62.6 Å². The van der Waals surface area contributed by atoms with Crippen LogP contribution < -0.4 is 4.74 Å². The van der Waals surface area contributed by atoms with Gasteiger partial charge >= 0.3 is 0 Å². The van der Waals surface area contributed by atoms with Crippen molar-refractivity contribution in [2.24, 2.45) is 0 Å². The van der Waals surface area contributed by atoms with E-state index in [-0.39, 0.29) is 6.61 Å². The summed E-state index contributed by atoms with van der Waals surface area (Å²) in [5.41, 5.74) is 2.02. The molecule has 4 nitrogen and oxygen atoms in total. The van der Waals surface area contributed by atoms with E-state index in [1.54, 1.807) is 24.3 Å². The number of rotatable bonds is 4. The molecule has 0 saturated carbocycles. The zero-order valence-corrected chi connectivity index (χ0v) is 12.2. The monoisotopic (exact) mass is 295 g/mol. The third kappa shape index (κ3) is 3.08. The lowest BCUT2D eigenvalue weighted by Crippen LogP contribution is -2.20. The molecule has 0 aliphatic carbocycles. The van der Waals surface area contributed by atoms with Gasteiger partial charge in [-0.05, 0) is 31.2 Å². The molecule has 3 aromatic rings. The van der Waals surface area contributed by atoms with Gasteiger partial charge in [0.15, 0.2) is 5.79 Å². The van der Waals surface area contributed by atoms with Gasteiger partial charge in [0, 0.05) is 5.39 Å². The minimum Gasteiger partial charge on any atom is -0.487 e. The average molecular weight is 295 g/mol. The van der Waals surface area contributed by atoms with Gasteiger partial charge in [-0.15, -0.1) is 0 Å². The van der Waals surface area contributed by atoms with E-state index in [4.69, 9.17) is 4.74 Å². The Hall–Kier alpha value is -2.43. The summed E-state index contributed by atoms with van der Waals surface area (Å²) in [5.74, 6) is -1.50. The third-order valence-corrected chi connectivity index (χ3v) is 3.43. The molecule has 0 bridgehead atoms. The molecular formula is C18H17NO3. The Morgan fingerprint density at radius 1 is 0.955 bits per heavy atom. The predicted molar refractivity (Wildman–Crippen MR) is 84.3 cm³/mol. The number of hydrogen-bond acceptors (Lipinski definition) is 4. The number of fused-ring (bicyclic) bond motifs is 1. The number of nitrogens with zero attached hydrogens (tertiary/aromatic N) is 1. The summed E-state index contributed by atoms with van der Waals surface area (Å²) in [4.78, 5) is 4.53. The molecule has 4 heteroatoms. The van der Waals surface area contributed by atoms with Crippen molar-refractivity contribution in [2.75, 3.05) is 0 Å². The molecule has 0 atom stereocenters. The molecule has 1 heterocycles. The van der Waals surface area contributed by atoms with Crippen LogP contribution in [0, 0.1) is 0 Å². The van der Waals surface area contributed by atoms with E-state index < -0.39 is 5.79 Å². The number of hydrogen-bond donors (Lipinski definition) is 2. The zero-order chi connectivity index (χ0) is 15.6. The Morgan fingerprint density at radius 3 is 2.50 bits per heavy atom. The molecule has 1 aromatic heterocycles. The Kier molecular flexibility index (Phi) is 3.79. The highest BCUT2D eigenvalue weighted by molar-refractivity contribution is 5.78. The molecule has 0 fully saturated rings. The van der Waals surface area contributed by atoms with Crippen molar-refractivity contribution in [1.29, 1.82) is 0 Å². The van der Waals surface area contributed by atoms with Crippen LogP contribution in [0.4, 0.5) is 0 Å². The molecule has 0 saturated heterocycles. The number of ether oxygens (including phenoxy) is 1. The maximum absolute atomic E-state index is 9.77. The van der Waals surface area contributed by atoms with Crippen molar-refractivity contribution in [2.45, 2.75) is 19.3 Å². The second-order valence-electron chi connectivity index (χ2n) is 5.30. The van der Waals surface area contributed by atoms with Crippen LogP contribution in [0.3, 0.4) is 0 Å². The SMILES string of the molecule is CC(O)(O)c1ccccc1OCc1ccc2ccccc2n1. The Morgan fingerprint density at radius 2 is 1.68 bits per heavy atom. The summed E-state index contributed by atoms with van der Waals surface area (Å²) in [7, 11) is 0. The van der Waals surface area contributed by atoms with Crippen LogP contribution in [0.5, 0.6) is 5.75 Å². The van der Waals surface area contributed by atoms with Gasteiger partial charge in [0.2, 0.25) is 0 Å². The molecule has 2 aromatic carbocycles. The lowest BCUT2D eigenvalue weighted by molar-refractivity contribution is -0.153. The minimum atomic E-state index is -1.94. The smallest absolute Gasteiger partial charge is 0.190 e. The molecule has 3 rings (SSSR count). The molecule has 0 spiro atoms. The van der Waals surface area contributed by atoms with E-state index in [0.717, 1.165) is 16.6 Å². The van der Waals surface area contributed by atoms with Gasteiger partial charge in [-0.25, -0.2) is 4.98 Å². The fourth-order valence-corrected chi connectivity index (χ4v) is 2.32. The second kappa shape index (κ2) is 5.75. The van der Waals surface area contributed by atoms with E-state index in [1.807, 2.05) is 36.4 Å². The zero-order valence-electron chi connectivity index (χ0n) is 12.2. The fourth-order valence-electron chi connectivity index (χ4n) is 2.32. The Balaban J connectivity index is 1.82. The van der Waals surface area contributed by atoms with Crippen LogP contribution in [0.25, 0.3) is 10.9 Å². The van der Waals surface area contributed by atoms with Crippen molar-refractivity contribution in [3.05, 3.63) is 71.9 Å². The van der Waals surface area contributed by atoms with Gasteiger partial charge in [0.05, 0.1) is 16.8 Å². The van der Waals surface area contributed by atoms with Crippen molar-refractivity contribution in [3.8, 4) is 5.75 Å². The number of aliphatic hydroxyl groups is 2. The normalized spacial score (nSPS) is 11.6. The van der Waals surface area contributed by atoms with Crippen molar-refractivity contribution in [3.63, 3.8) is 0 Å². The van der Waals surface area contributed by atoms with E-state index >= 15 is 0 Å². The molecule has 22 heavy (non-hydrogen) atoms. The van der Waals surface area contributed by atoms with Gasteiger partial charge in [-0.2, -0.15) is 0 Å². The Bertz CT molecular complexity index is 793. The lowest BCUT2D eigenvalue weighted by Gasteiger charge is -2.20. The predicted octanol–water partition coefficient (Wildman–Crippen LogP) is 2.97. The van der Waals surface area contributed by atoms with Crippen LogP contribution in [-0.4, -0.2) is 15.2 Å². The summed E-state index contributed by atoms with van der Waals surface area (Å²) in [6, 6.07) is 18.6. The maximum atomic E-state index is 9.77. The summed E-state index contributed by atoms with van der Waals surface area (Å²) >= 11 is 0. The van der Waals surface area contributed by atoms with Crippen LogP contribution >= 0.6 is 0 Å². The highest BCUT2D eigenvalue weighted by Crippen LogP contribution is 2.28. The lowest BCUT2D eigenvalue weighted by atomic mass is 10.1. The molecule has 0 aliphatic rings. The summed E-state index contributed by atoms with van der Waals surface area (Å²) in [5, 5.41) is 20.6. The third-order valence-electron chi connectivity index (χ3n) is 3.43. The summed E-state index contributed by atoms with van der Waals surface area (Å²) in [6.45, 7) is 1.57. The van der Waals surface area contributed by atoms with Crippen LogP contribution in [-0.2, 0) is 12.4 Å². The first-order valence-electron chi connectivity index (χ1n) is 7.06. The van der Waals surface area contributed by atoms with Crippen molar-refractivity contribution < 1.29 is 14.9 Å². The molecular weight excluding hydrogens is 278 g/mol. The van der Waals surface area contributed by atoms with Crippen molar-refractivity contribution in [1.82, 2.24) is 4.98 Å².